The molecule has 1 amide bonds. The number of amides is 1. The van der Waals surface area contributed by atoms with Crippen molar-refractivity contribution in [2.24, 2.45) is 11.8 Å². The predicted octanol–water partition coefficient (Wildman–Crippen LogP) is 1.74. The lowest BCUT2D eigenvalue weighted by Crippen LogP contribution is -2.45. The topological polar surface area (TPSA) is 66.4 Å². The predicted molar refractivity (Wildman–Crippen MR) is 61.3 cm³/mol. The Kier molecular flexibility index (Phi) is 5.38. The van der Waals surface area contributed by atoms with E-state index in [0.717, 1.165) is 32.1 Å². The van der Waals surface area contributed by atoms with Crippen LogP contribution in [0.3, 0.4) is 0 Å². The molecular weight excluding hydrogens is 225 g/mol. The smallest absolute Gasteiger partial charge is 0.328 e. The summed E-state index contributed by atoms with van der Waals surface area (Å²) in [5, 5.41) is 10.9. The number of carbonyl (C=O) groups excluding carboxylic acids is 1. The minimum Gasteiger partial charge on any atom is -0.480 e. The van der Waals surface area contributed by atoms with Gasteiger partial charge in [-0.05, 0) is 31.6 Å². The maximum Gasteiger partial charge on any atom is 0.328 e. The number of aliphatic carboxylic acids is 1. The fourth-order valence-corrected chi connectivity index (χ4v) is 2.29. The fourth-order valence-electron chi connectivity index (χ4n) is 2.29. The van der Waals surface area contributed by atoms with Crippen molar-refractivity contribution in [1.29, 1.82) is 0 Å². The van der Waals surface area contributed by atoms with E-state index in [-0.39, 0.29) is 11.8 Å². The number of hydrogen-bond donors (Lipinski definition) is 2. The first kappa shape index (κ1) is 13.9. The second kappa shape index (κ2) is 6.57. The molecule has 0 bridgehead atoms. The SMILES string of the molecule is CCC1CCC(C(=O)NC(CF)C(=O)O)CC1. The summed E-state index contributed by atoms with van der Waals surface area (Å²) in [6, 6.07) is -1.40. The largest absolute Gasteiger partial charge is 0.480 e. The molecule has 1 fully saturated rings. The van der Waals surface area contributed by atoms with Crippen LogP contribution in [0.5, 0.6) is 0 Å². The van der Waals surface area contributed by atoms with Crippen molar-refractivity contribution in [2.45, 2.75) is 45.1 Å². The summed E-state index contributed by atoms with van der Waals surface area (Å²) in [4.78, 5) is 22.3. The van der Waals surface area contributed by atoms with Crippen molar-refractivity contribution in [3.05, 3.63) is 0 Å². The Bertz CT molecular complexity index is 275. The molecule has 0 heterocycles. The van der Waals surface area contributed by atoms with E-state index in [0.29, 0.717) is 5.92 Å². The lowest BCUT2D eigenvalue weighted by atomic mass is 9.80. The number of carbonyl (C=O) groups is 2. The average Bonchev–Trinajstić information content (AvgIpc) is 2.35. The first-order valence-electron chi connectivity index (χ1n) is 6.17. The first-order chi connectivity index (χ1) is 8.08. The molecule has 1 aliphatic rings. The van der Waals surface area contributed by atoms with E-state index < -0.39 is 18.7 Å². The van der Waals surface area contributed by atoms with Crippen LogP contribution in [-0.4, -0.2) is 29.7 Å². The van der Waals surface area contributed by atoms with E-state index in [4.69, 9.17) is 5.11 Å². The van der Waals surface area contributed by atoms with Gasteiger partial charge < -0.3 is 10.4 Å². The van der Waals surface area contributed by atoms with Gasteiger partial charge in [0.05, 0.1) is 0 Å². The number of halogens is 1. The van der Waals surface area contributed by atoms with Crippen LogP contribution in [0, 0.1) is 11.8 Å². The number of alkyl halides is 1. The lowest BCUT2D eigenvalue weighted by molar-refractivity contribution is -0.143. The highest BCUT2D eigenvalue weighted by Gasteiger charge is 2.28. The van der Waals surface area contributed by atoms with Crippen LogP contribution in [0.4, 0.5) is 4.39 Å². The minimum atomic E-state index is -1.40. The van der Waals surface area contributed by atoms with Gasteiger partial charge in [-0.15, -0.1) is 0 Å². The van der Waals surface area contributed by atoms with Crippen LogP contribution in [0.1, 0.15) is 39.0 Å². The highest BCUT2D eigenvalue weighted by atomic mass is 19.1. The zero-order chi connectivity index (χ0) is 12.8. The van der Waals surface area contributed by atoms with Gasteiger partial charge in [-0.25, -0.2) is 9.18 Å². The van der Waals surface area contributed by atoms with Crippen molar-refractivity contribution < 1.29 is 19.1 Å². The summed E-state index contributed by atoms with van der Waals surface area (Å²) in [5.41, 5.74) is 0. The van der Waals surface area contributed by atoms with Crippen LogP contribution in [0.15, 0.2) is 0 Å². The summed E-state index contributed by atoms with van der Waals surface area (Å²) in [7, 11) is 0. The van der Waals surface area contributed by atoms with Crippen LogP contribution < -0.4 is 5.32 Å². The fraction of sp³-hybridized carbons (Fsp3) is 0.833. The molecule has 0 aliphatic heterocycles. The summed E-state index contributed by atoms with van der Waals surface area (Å²) < 4.78 is 12.4. The minimum absolute atomic E-state index is 0.147. The van der Waals surface area contributed by atoms with E-state index in [9.17, 15) is 14.0 Å². The molecule has 1 saturated carbocycles. The van der Waals surface area contributed by atoms with Gasteiger partial charge in [0.15, 0.2) is 6.04 Å². The molecule has 4 nitrogen and oxygen atoms in total. The van der Waals surface area contributed by atoms with Gasteiger partial charge >= 0.3 is 5.97 Å². The van der Waals surface area contributed by atoms with Crippen LogP contribution in [0.25, 0.3) is 0 Å². The molecule has 98 valence electrons. The molecular formula is C12H20FNO3. The molecule has 17 heavy (non-hydrogen) atoms. The van der Waals surface area contributed by atoms with Crippen molar-refractivity contribution in [2.75, 3.05) is 6.67 Å². The lowest BCUT2D eigenvalue weighted by Gasteiger charge is -2.27. The molecule has 1 unspecified atom stereocenters. The van der Waals surface area contributed by atoms with Crippen LogP contribution in [-0.2, 0) is 9.59 Å². The zero-order valence-corrected chi connectivity index (χ0v) is 10.1. The summed E-state index contributed by atoms with van der Waals surface area (Å²) in [6.07, 6.45) is 4.69. The van der Waals surface area contributed by atoms with Gasteiger partial charge in [0.25, 0.3) is 0 Å². The first-order valence-corrected chi connectivity index (χ1v) is 6.17. The number of carboxylic acid groups (broad SMARTS) is 1. The van der Waals surface area contributed by atoms with E-state index in [1.54, 1.807) is 0 Å². The Morgan fingerprint density at radius 2 is 1.94 bits per heavy atom. The maximum absolute atomic E-state index is 12.4. The zero-order valence-electron chi connectivity index (χ0n) is 10.1. The molecule has 1 aliphatic carbocycles. The van der Waals surface area contributed by atoms with Crippen molar-refractivity contribution in [3.63, 3.8) is 0 Å². The standard InChI is InChI=1S/C12H20FNO3/c1-2-8-3-5-9(6-4-8)11(15)14-10(7-13)12(16)17/h8-10H,2-7H2,1H3,(H,14,15)(H,16,17). The van der Waals surface area contributed by atoms with Gasteiger partial charge in [-0.1, -0.05) is 13.3 Å². The van der Waals surface area contributed by atoms with Gasteiger partial charge in [-0.3, -0.25) is 4.79 Å². The summed E-state index contributed by atoms with van der Waals surface area (Å²) >= 11 is 0. The van der Waals surface area contributed by atoms with Gasteiger partial charge in [0, 0.05) is 5.92 Å². The Labute approximate surface area is 101 Å². The molecule has 1 rings (SSSR count). The van der Waals surface area contributed by atoms with E-state index in [1.807, 2.05) is 0 Å². The molecule has 5 heteroatoms. The van der Waals surface area contributed by atoms with Gasteiger partial charge in [0.1, 0.15) is 6.67 Å². The molecule has 0 saturated heterocycles. The third-order valence-corrected chi connectivity index (χ3v) is 3.56. The number of rotatable bonds is 5. The molecule has 0 radical (unpaired) electrons. The Morgan fingerprint density at radius 1 is 1.35 bits per heavy atom. The Hall–Kier alpha value is -1.13. The van der Waals surface area contributed by atoms with Crippen molar-refractivity contribution in [1.82, 2.24) is 5.32 Å². The normalized spacial score (nSPS) is 26.2. The molecule has 1 atom stereocenters. The van der Waals surface area contributed by atoms with Crippen molar-refractivity contribution in [3.8, 4) is 0 Å². The highest BCUT2D eigenvalue weighted by molar-refractivity contribution is 5.85. The number of nitrogens with one attached hydrogen (secondary N) is 1. The molecule has 0 aromatic carbocycles. The van der Waals surface area contributed by atoms with E-state index >= 15 is 0 Å². The third-order valence-electron chi connectivity index (χ3n) is 3.56. The van der Waals surface area contributed by atoms with Gasteiger partial charge in [0.2, 0.25) is 5.91 Å². The quantitative estimate of drug-likeness (QED) is 0.775. The molecule has 0 aromatic heterocycles. The summed E-state index contributed by atoms with van der Waals surface area (Å²) in [6.45, 7) is 1.07. The second-order valence-electron chi connectivity index (χ2n) is 4.68. The Balaban J connectivity index is 2.41. The molecule has 0 spiro atoms. The second-order valence-corrected chi connectivity index (χ2v) is 4.68. The number of carboxylic acids is 1. The Morgan fingerprint density at radius 3 is 2.35 bits per heavy atom. The molecule has 0 aromatic rings. The van der Waals surface area contributed by atoms with Gasteiger partial charge in [-0.2, -0.15) is 0 Å². The molecule has 2 N–H and O–H groups in total. The van der Waals surface area contributed by atoms with E-state index in [1.165, 1.54) is 0 Å². The monoisotopic (exact) mass is 245 g/mol. The van der Waals surface area contributed by atoms with Crippen molar-refractivity contribution >= 4 is 11.9 Å². The highest BCUT2D eigenvalue weighted by Crippen LogP contribution is 2.30. The number of hydrogen-bond acceptors (Lipinski definition) is 2. The van der Waals surface area contributed by atoms with Crippen LogP contribution in [0.2, 0.25) is 0 Å². The average molecular weight is 245 g/mol. The summed E-state index contributed by atoms with van der Waals surface area (Å²) in [5.74, 6) is -1.10. The third kappa shape index (κ3) is 3.98. The van der Waals surface area contributed by atoms with Crippen LogP contribution >= 0.6 is 0 Å². The van der Waals surface area contributed by atoms with E-state index in [2.05, 4.69) is 12.2 Å². The maximum atomic E-state index is 12.4.